The minimum atomic E-state index is -3.33. The van der Waals surface area contributed by atoms with Crippen LogP contribution in [-0.2, 0) is 15.4 Å². The van der Waals surface area contributed by atoms with E-state index in [-0.39, 0.29) is 11.2 Å². The van der Waals surface area contributed by atoms with Crippen molar-refractivity contribution in [3.05, 3.63) is 29.3 Å². The molecule has 0 saturated heterocycles. The summed E-state index contributed by atoms with van der Waals surface area (Å²) in [5.41, 5.74) is 2.56. The lowest BCUT2D eigenvalue weighted by molar-refractivity contribution is 0.304. The molecule has 0 saturated carbocycles. The fourth-order valence-electron chi connectivity index (χ4n) is 2.04. The number of ether oxygens (including phenoxy) is 1. The Morgan fingerprint density at radius 3 is 2.33 bits per heavy atom. The summed E-state index contributed by atoms with van der Waals surface area (Å²) >= 11 is 0. The van der Waals surface area contributed by atoms with Gasteiger partial charge in [0.05, 0.1) is 12.4 Å². The van der Waals surface area contributed by atoms with Gasteiger partial charge in [0.15, 0.2) is 0 Å². The predicted octanol–water partition coefficient (Wildman–Crippen LogP) is 3.13. The number of benzene rings is 1. The van der Waals surface area contributed by atoms with Gasteiger partial charge in [-0.3, -0.25) is 0 Å². The lowest BCUT2D eigenvalue weighted by Gasteiger charge is -2.20. The SMILES string of the molecule is Cc1cc(C(C)(C)C)ccc1OCCCCCS(N)(=O)=O. The zero-order valence-electron chi connectivity index (χ0n) is 13.5. The second-order valence-corrected chi connectivity index (χ2v) is 8.24. The Labute approximate surface area is 128 Å². The molecule has 0 aromatic heterocycles. The molecule has 0 aliphatic carbocycles. The smallest absolute Gasteiger partial charge is 0.209 e. The maximum atomic E-state index is 10.8. The van der Waals surface area contributed by atoms with Crippen LogP contribution in [-0.4, -0.2) is 20.8 Å². The number of sulfonamides is 1. The Kier molecular flexibility index (Phi) is 6.23. The number of rotatable bonds is 7. The first-order valence-electron chi connectivity index (χ1n) is 7.34. The number of aryl methyl sites for hydroxylation is 1. The number of unbranched alkanes of at least 4 members (excludes halogenated alkanes) is 2. The van der Waals surface area contributed by atoms with Crippen LogP contribution in [0.3, 0.4) is 0 Å². The average molecular weight is 313 g/mol. The fourth-order valence-corrected chi connectivity index (χ4v) is 2.65. The molecule has 0 aliphatic rings. The second-order valence-electron chi connectivity index (χ2n) is 6.51. The molecule has 1 rings (SSSR count). The van der Waals surface area contributed by atoms with Crippen LogP contribution in [0.2, 0.25) is 0 Å². The standard InChI is InChI=1S/C16H27NO3S/c1-13-12-14(16(2,3)4)8-9-15(13)20-10-6-5-7-11-21(17,18)19/h8-9,12H,5-7,10-11H2,1-4H3,(H2,17,18,19). The van der Waals surface area contributed by atoms with Crippen LogP contribution < -0.4 is 9.88 Å². The molecular formula is C16H27NO3S. The molecular weight excluding hydrogens is 286 g/mol. The number of hydrogen-bond donors (Lipinski definition) is 1. The summed E-state index contributed by atoms with van der Waals surface area (Å²) in [6.45, 7) is 9.21. The van der Waals surface area contributed by atoms with Crippen LogP contribution >= 0.6 is 0 Å². The van der Waals surface area contributed by atoms with E-state index < -0.39 is 10.0 Å². The number of primary sulfonamides is 1. The van der Waals surface area contributed by atoms with Crippen molar-refractivity contribution in [3.63, 3.8) is 0 Å². The van der Waals surface area contributed by atoms with Gasteiger partial charge in [-0.2, -0.15) is 0 Å². The molecule has 0 spiro atoms. The predicted molar refractivity (Wildman–Crippen MR) is 87.2 cm³/mol. The highest BCUT2D eigenvalue weighted by Gasteiger charge is 2.14. The first-order valence-corrected chi connectivity index (χ1v) is 9.05. The molecule has 0 aliphatic heterocycles. The van der Waals surface area contributed by atoms with E-state index in [0.717, 1.165) is 24.2 Å². The first-order chi connectivity index (χ1) is 9.59. The van der Waals surface area contributed by atoms with Gasteiger partial charge in [0.2, 0.25) is 10.0 Å². The van der Waals surface area contributed by atoms with Gasteiger partial charge in [0, 0.05) is 0 Å². The summed E-state index contributed by atoms with van der Waals surface area (Å²) in [5, 5.41) is 4.95. The maximum Gasteiger partial charge on any atom is 0.209 e. The van der Waals surface area contributed by atoms with E-state index in [4.69, 9.17) is 9.88 Å². The Morgan fingerprint density at radius 1 is 1.14 bits per heavy atom. The van der Waals surface area contributed by atoms with Gasteiger partial charge in [-0.25, -0.2) is 13.6 Å². The zero-order valence-corrected chi connectivity index (χ0v) is 14.3. The Morgan fingerprint density at radius 2 is 1.81 bits per heavy atom. The van der Waals surface area contributed by atoms with Crippen LogP contribution in [0.1, 0.15) is 51.2 Å². The van der Waals surface area contributed by atoms with Crippen molar-refractivity contribution in [1.29, 1.82) is 0 Å². The molecule has 1 aromatic rings. The van der Waals surface area contributed by atoms with E-state index in [9.17, 15) is 8.42 Å². The Bertz CT molecular complexity index is 559. The lowest BCUT2D eigenvalue weighted by atomic mass is 9.86. The van der Waals surface area contributed by atoms with Gasteiger partial charge in [0.1, 0.15) is 5.75 Å². The largest absolute Gasteiger partial charge is 0.493 e. The molecule has 0 atom stereocenters. The summed E-state index contributed by atoms with van der Waals surface area (Å²) in [7, 11) is -3.33. The Hall–Kier alpha value is -1.07. The van der Waals surface area contributed by atoms with E-state index in [0.29, 0.717) is 13.0 Å². The van der Waals surface area contributed by atoms with Gasteiger partial charge in [0.25, 0.3) is 0 Å². The monoisotopic (exact) mass is 313 g/mol. The third-order valence-corrected chi connectivity index (χ3v) is 4.23. The molecule has 2 N–H and O–H groups in total. The van der Waals surface area contributed by atoms with Crippen molar-refractivity contribution >= 4 is 10.0 Å². The van der Waals surface area contributed by atoms with Crippen molar-refractivity contribution in [1.82, 2.24) is 0 Å². The summed E-state index contributed by atoms with van der Waals surface area (Å²) in [6, 6.07) is 6.28. The van der Waals surface area contributed by atoms with Gasteiger partial charge in [-0.1, -0.05) is 32.9 Å². The second kappa shape index (κ2) is 7.27. The molecule has 0 bridgehead atoms. The van der Waals surface area contributed by atoms with E-state index in [1.165, 1.54) is 5.56 Å². The molecule has 120 valence electrons. The van der Waals surface area contributed by atoms with E-state index >= 15 is 0 Å². The summed E-state index contributed by atoms with van der Waals surface area (Å²) < 4.78 is 27.3. The summed E-state index contributed by atoms with van der Waals surface area (Å²) in [6.07, 6.45) is 2.22. The number of nitrogens with two attached hydrogens (primary N) is 1. The lowest BCUT2D eigenvalue weighted by Crippen LogP contribution is -2.16. The minimum absolute atomic E-state index is 0.0479. The van der Waals surface area contributed by atoms with E-state index in [2.05, 4.69) is 32.9 Å². The van der Waals surface area contributed by atoms with Gasteiger partial charge in [-0.15, -0.1) is 0 Å². The molecule has 0 radical (unpaired) electrons. The highest BCUT2D eigenvalue weighted by molar-refractivity contribution is 7.89. The van der Waals surface area contributed by atoms with Crippen molar-refractivity contribution in [2.24, 2.45) is 5.14 Å². The van der Waals surface area contributed by atoms with Crippen molar-refractivity contribution in [2.45, 2.75) is 52.4 Å². The summed E-state index contributed by atoms with van der Waals surface area (Å²) in [5.74, 6) is 0.946. The summed E-state index contributed by atoms with van der Waals surface area (Å²) in [4.78, 5) is 0. The van der Waals surface area contributed by atoms with E-state index in [1.807, 2.05) is 13.0 Å². The normalized spacial score (nSPS) is 12.4. The van der Waals surface area contributed by atoms with E-state index in [1.54, 1.807) is 0 Å². The first kappa shape index (κ1) is 18.0. The molecule has 0 fully saturated rings. The topological polar surface area (TPSA) is 69.4 Å². The van der Waals surface area contributed by atoms with Gasteiger partial charge in [-0.05, 0) is 48.8 Å². The quantitative estimate of drug-likeness (QED) is 0.786. The fraction of sp³-hybridized carbons (Fsp3) is 0.625. The van der Waals surface area contributed by atoms with Crippen LogP contribution in [0.4, 0.5) is 0 Å². The highest BCUT2D eigenvalue weighted by Crippen LogP contribution is 2.27. The van der Waals surface area contributed by atoms with Crippen molar-refractivity contribution < 1.29 is 13.2 Å². The zero-order chi connectivity index (χ0) is 16.1. The third kappa shape index (κ3) is 6.96. The van der Waals surface area contributed by atoms with Crippen molar-refractivity contribution in [2.75, 3.05) is 12.4 Å². The molecule has 4 nitrogen and oxygen atoms in total. The molecule has 21 heavy (non-hydrogen) atoms. The maximum absolute atomic E-state index is 10.8. The highest BCUT2D eigenvalue weighted by atomic mass is 32.2. The molecule has 1 aromatic carbocycles. The molecule has 5 heteroatoms. The average Bonchev–Trinajstić information content (AvgIpc) is 2.32. The molecule has 0 heterocycles. The van der Waals surface area contributed by atoms with Gasteiger partial charge < -0.3 is 4.74 Å². The van der Waals surface area contributed by atoms with Crippen molar-refractivity contribution in [3.8, 4) is 5.75 Å². The van der Waals surface area contributed by atoms with Crippen LogP contribution in [0.5, 0.6) is 5.75 Å². The third-order valence-electron chi connectivity index (χ3n) is 3.37. The number of hydrogen-bond acceptors (Lipinski definition) is 3. The van der Waals surface area contributed by atoms with Crippen LogP contribution in [0.25, 0.3) is 0 Å². The van der Waals surface area contributed by atoms with Crippen LogP contribution in [0, 0.1) is 6.92 Å². The Balaban J connectivity index is 2.40. The molecule has 0 unspecified atom stereocenters. The molecule has 0 amide bonds. The van der Waals surface area contributed by atoms with Crippen LogP contribution in [0.15, 0.2) is 18.2 Å². The van der Waals surface area contributed by atoms with Gasteiger partial charge >= 0.3 is 0 Å². The minimum Gasteiger partial charge on any atom is -0.493 e.